The molecule has 0 aliphatic rings. The van der Waals surface area contributed by atoms with Crippen LogP contribution in [0.15, 0.2) is 0 Å². The first-order valence-electron chi connectivity index (χ1n) is 25.2. The molecule has 338 valence electrons. The average molecular weight is 807 g/mol. The summed E-state index contributed by atoms with van der Waals surface area (Å²) in [6.07, 6.45) is 43.8. The number of hydrogen-bond acceptors (Lipinski definition) is 6. The molecule has 0 unspecified atom stereocenters. The van der Waals surface area contributed by atoms with Crippen LogP contribution in [-0.2, 0) is 28.6 Å². The minimum absolute atomic E-state index is 0.0644. The van der Waals surface area contributed by atoms with Crippen molar-refractivity contribution >= 4 is 17.9 Å². The first-order chi connectivity index (χ1) is 27.7. The minimum Gasteiger partial charge on any atom is -0.462 e. The number of rotatable bonds is 45. The van der Waals surface area contributed by atoms with E-state index in [0.29, 0.717) is 19.3 Å². The second-order valence-corrected chi connectivity index (χ2v) is 18.4. The molecule has 0 N–H and O–H groups in total. The summed E-state index contributed by atoms with van der Waals surface area (Å²) in [5.74, 6) is 0.749. The third-order valence-electron chi connectivity index (χ3n) is 11.5. The van der Waals surface area contributed by atoms with Crippen LogP contribution < -0.4 is 0 Å². The zero-order chi connectivity index (χ0) is 41.9. The summed E-state index contributed by atoms with van der Waals surface area (Å²) in [6.45, 7) is 11.3. The van der Waals surface area contributed by atoms with Crippen LogP contribution >= 0.6 is 0 Å². The molecule has 1 atom stereocenters. The van der Waals surface area contributed by atoms with Gasteiger partial charge in [-0.2, -0.15) is 0 Å². The van der Waals surface area contributed by atoms with Gasteiger partial charge in [0.2, 0.25) is 0 Å². The first-order valence-corrected chi connectivity index (χ1v) is 25.2. The summed E-state index contributed by atoms with van der Waals surface area (Å²) in [5, 5.41) is 0. The van der Waals surface area contributed by atoms with Crippen LogP contribution in [0.1, 0.15) is 279 Å². The molecule has 0 bridgehead atoms. The largest absolute Gasteiger partial charge is 0.462 e. The Morgan fingerprint density at radius 1 is 0.333 bits per heavy atom. The maximum Gasteiger partial charge on any atom is 0.306 e. The number of unbranched alkanes of at least 4 members (excludes halogenated alkanes) is 30. The van der Waals surface area contributed by atoms with Gasteiger partial charge in [0.25, 0.3) is 0 Å². The van der Waals surface area contributed by atoms with Gasteiger partial charge < -0.3 is 14.2 Å². The summed E-state index contributed by atoms with van der Waals surface area (Å²) in [7, 11) is 0. The lowest BCUT2D eigenvalue weighted by Gasteiger charge is -2.18. The van der Waals surface area contributed by atoms with Gasteiger partial charge in [0, 0.05) is 19.3 Å². The van der Waals surface area contributed by atoms with Gasteiger partial charge in [0.05, 0.1) is 0 Å². The predicted molar refractivity (Wildman–Crippen MR) is 243 cm³/mol. The van der Waals surface area contributed by atoms with Crippen molar-refractivity contribution < 1.29 is 28.6 Å². The summed E-state index contributed by atoms with van der Waals surface area (Å²) in [5.41, 5.74) is 0. The van der Waals surface area contributed by atoms with Gasteiger partial charge in [0.15, 0.2) is 6.10 Å². The lowest BCUT2D eigenvalue weighted by molar-refractivity contribution is -0.167. The van der Waals surface area contributed by atoms with Crippen LogP contribution in [0.4, 0.5) is 0 Å². The fourth-order valence-corrected chi connectivity index (χ4v) is 7.64. The monoisotopic (exact) mass is 807 g/mol. The summed E-state index contributed by atoms with van der Waals surface area (Å²) < 4.78 is 16.8. The quantitative estimate of drug-likeness (QED) is 0.0346. The van der Waals surface area contributed by atoms with Crippen LogP contribution in [0.5, 0.6) is 0 Å². The molecule has 0 aromatic carbocycles. The van der Waals surface area contributed by atoms with E-state index in [0.717, 1.165) is 69.6 Å². The van der Waals surface area contributed by atoms with Gasteiger partial charge in [-0.3, -0.25) is 14.4 Å². The van der Waals surface area contributed by atoms with E-state index in [2.05, 4.69) is 34.6 Å². The molecule has 57 heavy (non-hydrogen) atoms. The highest BCUT2D eigenvalue weighted by Crippen LogP contribution is 2.17. The van der Waals surface area contributed by atoms with Gasteiger partial charge in [-0.05, 0) is 31.1 Å². The van der Waals surface area contributed by atoms with E-state index >= 15 is 0 Å². The average Bonchev–Trinajstić information content (AvgIpc) is 3.18. The number of hydrogen-bond donors (Lipinski definition) is 0. The zero-order valence-electron chi connectivity index (χ0n) is 39.0. The molecule has 0 aromatic rings. The SMILES string of the molecule is CCCCCCCCCCCCCCCCCCC(=O)OC[C@@H](COC(=O)CCCCCCCCCCC(C)C)OC(=O)CCCCCCCCCCCC(C)C. The molecule has 0 amide bonds. The Kier molecular flexibility index (Phi) is 42.7. The summed E-state index contributed by atoms with van der Waals surface area (Å²) in [6, 6.07) is 0. The maximum absolute atomic E-state index is 12.7. The van der Waals surface area contributed by atoms with E-state index in [-0.39, 0.29) is 31.1 Å². The Balaban J connectivity index is 4.29. The molecule has 6 nitrogen and oxygen atoms in total. The molecule has 0 saturated carbocycles. The standard InChI is InChI=1S/C51H98O6/c1-6-7-8-9-10-11-12-13-14-15-16-17-20-26-31-36-41-49(52)55-44-48(45-56-50(53)42-37-32-27-23-22-25-30-35-40-47(4)5)57-51(54)43-38-33-28-21-18-19-24-29-34-39-46(2)3/h46-48H,6-45H2,1-5H3/t48-/m0/s1. The molecule has 0 aromatic heterocycles. The molecule has 6 heteroatoms. The Bertz CT molecular complexity index is 870. The third kappa shape index (κ3) is 45.3. The lowest BCUT2D eigenvalue weighted by Crippen LogP contribution is -2.30. The molecule has 0 fully saturated rings. The second kappa shape index (κ2) is 44.0. The van der Waals surface area contributed by atoms with Crippen LogP contribution in [0.25, 0.3) is 0 Å². The number of ether oxygens (including phenoxy) is 3. The van der Waals surface area contributed by atoms with Crippen molar-refractivity contribution in [2.24, 2.45) is 11.8 Å². The fraction of sp³-hybridized carbons (Fsp3) is 0.941. The van der Waals surface area contributed by atoms with E-state index in [1.807, 2.05) is 0 Å². The van der Waals surface area contributed by atoms with E-state index in [4.69, 9.17) is 14.2 Å². The summed E-state index contributed by atoms with van der Waals surface area (Å²) >= 11 is 0. The minimum atomic E-state index is -0.761. The third-order valence-corrected chi connectivity index (χ3v) is 11.5. The van der Waals surface area contributed by atoms with E-state index in [1.54, 1.807) is 0 Å². The van der Waals surface area contributed by atoms with Crippen LogP contribution in [0.3, 0.4) is 0 Å². The number of carbonyl (C=O) groups excluding carboxylic acids is 3. The first kappa shape index (κ1) is 55.4. The van der Waals surface area contributed by atoms with Crippen molar-refractivity contribution in [2.45, 2.75) is 285 Å². The van der Waals surface area contributed by atoms with E-state index in [9.17, 15) is 14.4 Å². The highest BCUT2D eigenvalue weighted by molar-refractivity contribution is 5.71. The molecule has 0 radical (unpaired) electrons. The van der Waals surface area contributed by atoms with Gasteiger partial charge in [-0.25, -0.2) is 0 Å². The van der Waals surface area contributed by atoms with Gasteiger partial charge in [-0.1, -0.05) is 240 Å². The highest BCUT2D eigenvalue weighted by Gasteiger charge is 2.19. The van der Waals surface area contributed by atoms with Crippen molar-refractivity contribution in [3.8, 4) is 0 Å². The molecule has 0 saturated heterocycles. The predicted octanol–water partition coefficient (Wildman–Crippen LogP) is 16.1. The van der Waals surface area contributed by atoms with Crippen LogP contribution in [0, 0.1) is 11.8 Å². The molecule has 0 spiro atoms. The Labute approximate surface area is 355 Å². The Morgan fingerprint density at radius 3 is 0.860 bits per heavy atom. The molecule has 0 aliphatic heterocycles. The lowest BCUT2D eigenvalue weighted by atomic mass is 10.0. The van der Waals surface area contributed by atoms with Crippen LogP contribution in [-0.4, -0.2) is 37.2 Å². The van der Waals surface area contributed by atoms with Crippen molar-refractivity contribution in [3.63, 3.8) is 0 Å². The fourth-order valence-electron chi connectivity index (χ4n) is 7.64. The highest BCUT2D eigenvalue weighted by atomic mass is 16.6. The van der Waals surface area contributed by atoms with Crippen molar-refractivity contribution in [2.75, 3.05) is 13.2 Å². The van der Waals surface area contributed by atoms with Crippen molar-refractivity contribution in [1.82, 2.24) is 0 Å². The van der Waals surface area contributed by atoms with Gasteiger partial charge in [-0.15, -0.1) is 0 Å². The molecule has 0 aliphatic carbocycles. The smallest absolute Gasteiger partial charge is 0.306 e. The number of esters is 3. The Morgan fingerprint density at radius 2 is 0.579 bits per heavy atom. The van der Waals surface area contributed by atoms with Gasteiger partial charge >= 0.3 is 17.9 Å². The number of carbonyl (C=O) groups is 3. The van der Waals surface area contributed by atoms with Crippen LogP contribution in [0.2, 0.25) is 0 Å². The zero-order valence-corrected chi connectivity index (χ0v) is 39.0. The Hall–Kier alpha value is -1.59. The molecule has 0 rings (SSSR count). The molecule has 0 heterocycles. The summed E-state index contributed by atoms with van der Waals surface area (Å²) in [4.78, 5) is 37.9. The normalized spacial score (nSPS) is 12.1. The van der Waals surface area contributed by atoms with E-state index in [1.165, 1.54) is 167 Å². The molecular weight excluding hydrogens is 709 g/mol. The van der Waals surface area contributed by atoms with Gasteiger partial charge in [0.1, 0.15) is 13.2 Å². The second-order valence-electron chi connectivity index (χ2n) is 18.4. The maximum atomic E-state index is 12.7. The van der Waals surface area contributed by atoms with Crippen molar-refractivity contribution in [1.29, 1.82) is 0 Å². The van der Waals surface area contributed by atoms with E-state index < -0.39 is 6.10 Å². The molecular formula is C51H98O6. The topological polar surface area (TPSA) is 78.9 Å². The van der Waals surface area contributed by atoms with Crippen molar-refractivity contribution in [3.05, 3.63) is 0 Å².